The summed E-state index contributed by atoms with van der Waals surface area (Å²) in [5.41, 5.74) is 1.19. The normalized spacial score (nSPS) is 17.5. The fraction of sp³-hybridized carbons (Fsp3) is 0.438. The summed E-state index contributed by atoms with van der Waals surface area (Å²) < 4.78 is 0. The van der Waals surface area contributed by atoms with E-state index in [1.54, 1.807) is 23.1 Å². The molecule has 1 saturated heterocycles. The van der Waals surface area contributed by atoms with E-state index in [2.05, 4.69) is 10.6 Å². The van der Waals surface area contributed by atoms with Crippen LogP contribution in [0.3, 0.4) is 0 Å². The molecule has 6 heteroatoms. The molecule has 22 heavy (non-hydrogen) atoms. The first-order chi connectivity index (χ1) is 10.6. The Morgan fingerprint density at radius 2 is 2.09 bits per heavy atom. The molecule has 3 amide bonds. The molecule has 0 aromatic heterocycles. The van der Waals surface area contributed by atoms with Crippen LogP contribution in [0.4, 0.5) is 5.69 Å². The van der Waals surface area contributed by atoms with Gasteiger partial charge in [-0.05, 0) is 37.5 Å². The smallest absolute Gasteiger partial charge is 0.251 e. The Morgan fingerprint density at radius 3 is 2.77 bits per heavy atom. The molecule has 1 aliphatic heterocycles. The van der Waals surface area contributed by atoms with E-state index in [9.17, 15) is 14.4 Å². The second kappa shape index (κ2) is 6.17. The van der Waals surface area contributed by atoms with E-state index >= 15 is 0 Å². The van der Waals surface area contributed by atoms with Crippen molar-refractivity contribution in [1.29, 1.82) is 0 Å². The number of rotatable bonds is 5. The largest absolute Gasteiger partial charge is 0.352 e. The van der Waals surface area contributed by atoms with Crippen LogP contribution < -0.4 is 15.5 Å². The molecule has 2 N–H and O–H groups in total. The van der Waals surface area contributed by atoms with Crippen molar-refractivity contribution in [3.63, 3.8) is 0 Å². The number of hydrogen-bond donors (Lipinski definition) is 2. The molecule has 0 spiro atoms. The lowest BCUT2D eigenvalue weighted by molar-refractivity contribution is -0.120. The standard InChI is InChI=1S/C16H19N3O3/c20-14(18-12-6-7-12)10-17-16(22)11-3-1-4-13(9-11)19-8-2-5-15(19)21/h1,3-4,9,12H,2,5-8,10H2,(H,17,22)(H,18,20). The zero-order chi connectivity index (χ0) is 15.5. The molecule has 0 bridgehead atoms. The third-order valence-corrected chi connectivity index (χ3v) is 3.85. The fourth-order valence-electron chi connectivity index (χ4n) is 2.51. The summed E-state index contributed by atoms with van der Waals surface area (Å²) in [6.45, 7) is 0.663. The zero-order valence-corrected chi connectivity index (χ0v) is 12.3. The topological polar surface area (TPSA) is 78.5 Å². The van der Waals surface area contributed by atoms with Gasteiger partial charge in [-0.1, -0.05) is 6.07 Å². The summed E-state index contributed by atoms with van der Waals surface area (Å²) >= 11 is 0. The maximum absolute atomic E-state index is 12.1. The van der Waals surface area contributed by atoms with Gasteiger partial charge in [-0.2, -0.15) is 0 Å². The third kappa shape index (κ3) is 3.44. The predicted molar refractivity (Wildman–Crippen MR) is 81.5 cm³/mol. The van der Waals surface area contributed by atoms with Crippen LogP contribution in [-0.4, -0.2) is 36.9 Å². The second-order valence-electron chi connectivity index (χ2n) is 5.72. The minimum Gasteiger partial charge on any atom is -0.352 e. The lowest BCUT2D eigenvalue weighted by Crippen LogP contribution is -2.37. The summed E-state index contributed by atoms with van der Waals surface area (Å²) in [5.74, 6) is -0.387. The highest BCUT2D eigenvalue weighted by molar-refractivity contribution is 6.00. The number of hydrogen-bond acceptors (Lipinski definition) is 3. The van der Waals surface area contributed by atoms with Crippen molar-refractivity contribution < 1.29 is 14.4 Å². The molecule has 1 aliphatic carbocycles. The molecule has 0 atom stereocenters. The maximum Gasteiger partial charge on any atom is 0.251 e. The summed E-state index contributed by atoms with van der Waals surface area (Å²) in [6.07, 6.45) is 3.44. The molecule has 2 aliphatic rings. The fourth-order valence-corrected chi connectivity index (χ4v) is 2.51. The lowest BCUT2D eigenvalue weighted by atomic mass is 10.1. The molecule has 1 aromatic carbocycles. The van der Waals surface area contributed by atoms with Gasteiger partial charge in [0.05, 0.1) is 6.54 Å². The van der Waals surface area contributed by atoms with Gasteiger partial charge in [0.2, 0.25) is 11.8 Å². The molecular weight excluding hydrogens is 282 g/mol. The number of anilines is 1. The van der Waals surface area contributed by atoms with Crippen molar-refractivity contribution in [2.45, 2.75) is 31.7 Å². The van der Waals surface area contributed by atoms with Crippen LogP contribution in [0.25, 0.3) is 0 Å². The van der Waals surface area contributed by atoms with Crippen LogP contribution in [0.5, 0.6) is 0 Å². The molecular formula is C16H19N3O3. The quantitative estimate of drug-likeness (QED) is 0.845. The van der Waals surface area contributed by atoms with Gasteiger partial charge in [-0.15, -0.1) is 0 Å². The van der Waals surface area contributed by atoms with Gasteiger partial charge in [0.15, 0.2) is 0 Å². The number of nitrogens with one attached hydrogen (secondary N) is 2. The first kappa shape index (κ1) is 14.6. The monoisotopic (exact) mass is 301 g/mol. The summed E-state index contributed by atoms with van der Waals surface area (Å²) in [5, 5.41) is 5.42. The van der Waals surface area contributed by atoms with Gasteiger partial charge in [0.1, 0.15) is 0 Å². The molecule has 6 nitrogen and oxygen atoms in total. The van der Waals surface area contributed by atoms with Gasteiger partial charge < -0.3 is 15.5 Å². The number of carbonyl (C=O) groups excluding carboxylic acids is 3. The van der Waals surface area contributed by atoms with Crippen LogP contribution in [0.2, 0.25) is 0 Å². The van der Waals surface area contributed by atoms with Crippen molar-refractivity contribution in [2.24, 2.45) is 0 Å². The Labute approximate surface area is 128 Å². The number of amides is 3. The number of carbonyl (C=O) groups is 3. The Hall–Kier alpha value is -2.37. The van der Waals surface area contributed by atoms with E-state index in [1.807, 2.05) is 6.07 Å². The van der Waals surface area contributed by atoms with Crippen LogP contribution in [0.15, 0.2) is 24.3 Å². The van der Waals surface area contributed by atoms with Gasteiger partial charge in [0.25, 0.3) is 5.91 Å². The van der Waals surface area contributed by atoms with Crippen molar-refractivity contribution >= 4 is 23.4 Å². The molecule has 0 radical (unpaired) electrons. The highest BCUT2D eigenvalue weighted by Crippen LogP contribution is 2.22. The molecule has 1 saturated carbocycles. The van der Waals surface area contributed by atoms with Crippen LogP contribution in [0.1, 0.15) is 36.0 Å². The predicted octanol–water partition coefficient (Wildman–Crippen LogP) is 0.822. The van der Waals surface area contributed by atoms with Gasteiger partial charge in [-0.3, -0.25) is 14.4 Å². The first-order valence-corrected chi connectivity index (χ1v) is 7.61. The third-order valence-electron chi connectivity index (χ3n) is 3.85. The Kier molecular flexibility index (Phi) is 4.09. The zero-order valence-electron chi connectivity index (χ0n) is 12.3. The highest BCUT2D eigenvalue weighted by atomic mass is 16.2. The Bertz CT molecular complexity index is 610. The van der Waals surface area contributed by atoms with E-state index in [0.717, 1.165) is 24.9 Å². The summed E-state index contributed by atoms with van der Waals surface area (Å²) in [7, 11) is 0. The van der Waals surface area contributed by atoms with E-state index in [4.69, 9.17) is 0 Å². The van der Waals surface area contributed by atoms with Crippen molar-refractivity contribution in [3.8, 4) is 0 Å². The van der Waals surface area contributed by atoms with Crippen molar-refractivity contribution in [2.75, 3.05) is 18.0 Å². The number of nitrogens with zero attached hydrogens (tertiary/aromatic N) is 1. The van der Waals surface area contributed by atoms with Crippen LogP contribution in [0, 0.1) is 0 Å². The molecule has 0 unspecified atom stereocenters. The molecule has 2 fully saturated rings. The average molecular weight is 301 g/mol. The van der Waals surface area contributed by atoms with E-state index in [0.29, 0.717) is 18.5 Å². The average Bonchev–Trinajstić information content (AvgIpc) is 3.23. The van der Waals surface area contributed by atoms with Crippen molar-refractivity contribution in [3.05, 3.63) is 29.8 Å². The van der Waals surface area contributed by atoms with Gasteiger partial charge in [-0.25, -0.2) is 0 Å². The highest BCUT2D eigenvalue weighted by Gasteiger charge is 2.24. The SMILES string of the molecule is O=C(CNC(=O)c1cccc(N2CCCC2=O)c1)NC1CC1. The van der Waals surface area contributed by atoms with Crippen molar-refractivity contribution in [1.82, 2.24) is 10.6 Å². The summed E-state index contributed by atoms with van der Waals surface area (Å²) in [4.78, 5) is 37.1. The second-order valence-corrected chi connectivity index (χ2v) is 5.72. The molecule has 3 rings (SSSR count). The first-order valence-electron chi connectivity index (χ1n) is 7.61. The molecule has 116 valence electrons. The van der Waals surface area contributed by atoms with E-state index in [-0.39, 0.29) is 30.3 Å². The lowest BCUT2D eigenvalue weighted by Gasteiger charge is -2.16. The van der Waals surface area contributed by atoms with Gasteiger partial charge >= 0.3 is 0 Å². The van der Waals surface area contributed by atoms with Crippen LogP contribution >= 0.6 is 0 Å². The summed E-state index contributed by atoms with van der Waals surface area (Å²) in [6, 6.07) is 7.23. The minimum absolute atomic E-state index is 0.0256. The Balaban J connectivity index is 1.59. The maximum atomic E-state index is 12.1. The molecule has 1 heterocycles. The van der Waals surface area contributed by atoms with Crippen LogP contribution in [-0.2, 0) is 9.59 Å². The van der Waals surface area contributed by atoms with Gasteiger partial charge in [0, 0.05) is 30.3 Å². The molecule has 1 aromatic rings. The minimum atomic E-state index is -0.306. The van der Waals surface area contributed by atoms with E-state index in [1.165, 1.54) is 0 Å². The van der Waals surface area contributed by atoms with E-state index < -0.39 is 0 Å². The number of benzene rings is 1. The Morgan fingerprint density at radius 1 is 1.27 bits per heavy atom.